The summed E-state index contributed by atoms with van der Waals surface area (Å²) in [6, 6.07) is 7.14. The number of fused-ring (bicyclic) bond motifs is 1. The number of rotatable bonds is 2. The molecule has 1 aliphatic heterocycles. The largest absolute Gasteiger partial charge is 0.335 e. The molecule has 1 aliphatic rings. The van der Waals surface area contributed by atoms with Gasteiger partial charge in [0.05, 0.1) is 0 Å². The first-order valence-corrected chi connectivity index (χ1v) is 6.45. The van der Waals surface area contributed by atoms with Crippen LogP contribution in [0.5, 0.6) is 0 Å². The van der Waals surface area contributed by atoms with Gasteiger partial charge in [0.2, 0.25) is 5.91 Å². The lowest BCUT2D eigenvalue weighted by atomic mass is 10.1. The smallest absolute Gasteiger partial charge is 0.295 e. The maximum Gasteiger partial charge on any atom is 0.335 e. The van der Waals surface area contributed by atoms with Crippen molar-refractivity contribution in [3.8, 4) is 0 Å². The van der Waals surface area contributed by atoms with Crippen LogP contribution in [0.4, 0.5) is 5.69 Å². The minimum atomic E-state index is -4.34. The van der Waals surface area contributed by atoms with Crippen LogP contribution in [-0.4, -0.2) is 25.0 Å². The Morgan fingerprint density at radius 2 is 2.12 bits per heavy atom. The van der Waals surface area contributed by atoms with E-state index in [4.69, 9.17) is 4.55 Å². The molecule has 17 heavy (non-hydrogen) atoms. The first-order chi connectivity index (χ1) is 7.88. The van der Waals surface area contributed by atoms with E-state index in [-0.39, 0.29) is 5.91 Å². The molecule has 2 rings (SSSR count). The Morgan fingerprint density at radius 3 is 2.71 bits per heavy atom. The average molecular weight is 256 g/mol. The van der Waals surface area contributed by atoms with E-state index in [0.29, 0.717) is 12.1 Å². The van der Waals surface area contributed by atoms with Gasteiger partial charge in [-0.15, -0.1) is 0 Å². The number of carbonyl (C=O) groups is 1. The van der Waals surface area contributed by atoms with Crippen LogP contribution in [0, 0.1) is 0 Å². The second-order valence-electron chi connectivity index (χ2n) is 3.83. The molecule has 0 radical (unpaired) electrons. The molecule has 92 valence electrons. The van der Waals surface area contributed by atoms with Gasteiger partial charge in [-0.2, -0.15) is 13.1 Å². The molecule has 1 aromatic rings. The average Bonchev–Trinajstić information content (AvgIpc) is 2.51. The second-order valence-corrected chi connectivity index (χ2v) is 5.02. The Hall–Kier alpha value is -1.44. The number of nitrogens with zero attached hydrogens (tertiary/aromatic N) is 1. The third-order valence-electron chi connectivity index (χ3n) is 2.60. The van der Waals surface area contributed by atoms with Gasteiger partial charge < -0.3 is 0 Å². The van der Waals surface area contributed by atoms with Crippen LogP contribution in [0.15, 0.2) is 24.3 Å². The highest BCUT2D eigenvalue weighted by atomic mass is 32.2. The maximum atomic E-state index is 11.5. The topological polar surface area (TPSA) is 86.7 Å². The third-order valence-corrected chi connectivity index (χ3v) is 3.17. The maximum absolute atomic E-state index is 11.5. The molecule has 1 atom stereocenters. The molecule has 0 fully saturated rings. The lowest BCUT2D eigenvalue weighted by Gasteiger charge is -2.23. The number of hydrogen-bond donors (Lipinski definition) is 2. The molecule has 0 aromatic heterocycles. The molecular weight excluding hydrogens is 244 g/mol. The summed E-state index contributed by atoms with van der Waals surface area (Å²) in [7, 11) is -4.34. The standard InChI is InChI=1S/C10H12N2O4S/c1-7(13)12-9-5-3-2-4-8(9)6-10(12)11-17(14,15)16/h2-5,10-11H,6H2,1H3,(H,14,15,16). The van der Waals surface area contributed by atoms with Crippen LogP contribution >= 0.6 is 0 Å². The van der Waals surface area contributed by atoms with Crippen molar-refractivity contribution < 1.29 is 17.8 Å². The van der Waals surface area contributed by atoms with Gasteiger partial charge >= 0.3 is 10.3 Å². The number of hydrogen-bond acceptors (Lipinski definition) is 3. The zero-order valence-electron chi connectivity index (χ0n) is 9.12. The van der Waals surface area contributed by atoms with Crippen molar-refractivity contribution in [1.82, 2.24) is 4.72 Å². The highest BCUT2D eigenvalue weighted by Crippen LogP contribution is 2.31. The summed E-state index contributed by atoms with van der Waals surface area (Å²) >= 11 is 0. The summed E-state index contributed by atoms with van der Waals surface area (Å²) < 4.78 is 32.4. The second kappa shape index (κ2) is 4.10. The fourth-order valence-corrected chi connectivity index (χ4v) is 2.57. The van der Waals surface area contributed by atoms with Crippen molar-refractivity contribution in [3.63, 3.8) is 0 Å². The molecule has 6 nitrogen and oxygen atoms in total. The zero-order chi connectivity index (χ0) is 12.6. The summed E-state index contributed by atoms with van der Waals surface area (Å²) in [5.74, 6) is -0.281. The fraction of sp³-hybridized carbons (Fsp3) is 0.300. The first kappa shape index (κ1) is 12.0. The Balaban J connectivity index is 2.37. The van der Waals surface area contributed by atoms with Crippen LogP contribution in [0.3, 0.4) is 0 Å². The predicted molar refractivity (Wildman–Crippen MR) is 61.8 cm³/mol. The van der Waals surface area contributed by atoms with Crippen molar-refractivity contribution in [2.75, 3.05) is 4.90 Å². The van der Waals surface area contributed by atoms with Gasteiger partial charge in [0.25, 0.3) is 0 Å². The van der Waals surface area contributed by atoms with E-state index < -0.39 is 16.5 Å². The van der Waals surface area contributed by atoms with E-state index in [2.05, 4.69) is 0 Å². The molecule has 0 bridgehead atoms. The Morgan fingerprint density at radius 1 is 1.47 bits per heavy atom. The SMILES string of the molecule is CC(=O)N1c2ccccc2CC1NS(=O)(=O)O. The number of anilines is 1. The molecule has 0 saturated carbocycles. The number of benzene rings is 1. The van der Waals surface area contributed by atoms with Crippen molar-refractivity contribution >= 4 is 21.9 Å². The van der Waals surface area contributed by atoms with Gasteiger partial charge in [0, 0.05) is 19.0 Å². The first-order valence-electron chi connectivity index (χ1n) is 5.01. The number of carbonyl (C=O) groups excluding carboxylic acids is 1. The van der Waals surface area contributed by atoms with Crippen molar-refractivity contribution in [2.24, 2.45) is 0 Å². The third kappa shape index (κ3) is 2.46. The van der Waals surface area contributed by atoms with E-state index in [1.54, 1.807) is 12.1 Å². The molecule has 1 aromatic carbocycles. The number of nitrogens with one attached hydrogen (secondary N) is 1. The van der Waals surface area contributed by atoms with Crippen molar-refractivity contribution in [2.45, 2.75) is 19.5 Å². The molecular formula is C10H12N2O4S. The predicted octanol–water partition coefficient (Wildman–Crippen LogP) is 0.314. The van der Waals surface area contributed by atoms with Crippen LogP contribution < -0.4 is 9.62 Å². The molecule has 7 heteroatoms. The molecule has 1 heterocycles. The van der Waals surface area contributed by atoms with Crippen molar-refractivity contribution in [3.05, 3.63) is 29.8 Å². The molecule has 1 amide bonds. The zero-order valence-corrected chi connectivity index (χ0v) is 9.94. The fourth-order valence-electron chi connectivity index (χ4n) is 2.04. The van der Waals surface area contributed by atoms with Crippen molar-refractivity contribution in [1.29, 1.82) is 0 Å². The van der Waals surface area contributed by atoms with E-state index >= 15 is 0 Å². The van der Waals surface area contributed by atoms with Gasteiger partial charge in [-0.05, 0) is 11.6 Å². The van der Waals surface area contributed by atoms with Crippen LogP contribution in [0.25, 0.3) is 0 Å². The van der Waals surface area contributed by atoms with E-state index in [0.717, 1.165) is 5.56 Å². The van der Waals surface area contributed by atoms with Gasteiger partial charge in [-0.1, -0.05) is 18.2 Å². The van der Waals surface area contributed by atoms with Crippen LogP contribution in [-0.2, 0) is 21.5 Å². The van der Waals surface area contributed by atoms with Crippen LogP contribution in [0.2, 0.25) is 0 Å². The molecule has 0 spiro atoms. The summed E-state index contributed by atoms with van der Waals surface area (Å²) in [5.41, 5.74) is 1.53. The van der Waals surface area contributed by atoms with Crippen LogP contribution in [0.1, 0.15) is 12.5 Å². The summed E-state index contributed by atoms with van der Waals surface area (Å²) in [4.78, 5) is 12.8. The highest BCUT2D eigenvalue weighted by molar-refractivity contribution is 7.83. The Kier molecular flexibility index (Phi) is 2.90. The quantitative estimate of drug-likeness (QED) is 0.746. The Bertz CT molecular complexity index is 555. The minimum Gasteiger partial charge on any atom is -0.295 e. The monoisotopic (exact) mass is 256 g/mol. The van der Waals surface area contributed by atoms with E-state index in [9.17, 15) is 13.2 Å². The van der Waals surface area contributed by atoms with E-state index in [1.165, 1.54) is 11.8 Å². The lowest BCUT2D eigenvalue weighted by molar-refractivity contribution is -0.116. The molecule has 0 saturated heterocycles. The lowest BCUT2D eigenvalue weighted by Crippen LogP contribution is -2.48. The molecule has 0 aliphatic carbocycles. The van der Waals surface area contributed by atoms with Gasteiger partial charge in [-0.3, -0.25) is 14.2 Å². The summed E-state index contributed by atoms with van der Waals surface area (Å²) in [5, 5.41) is 0. The molecule has 1 unspecified atom stereocenters. The number of amides is 1. The Labute approximate surface area is 99.1 Å². The minimum absolute atomic E-state index is 0.281. The molecule has 2 N–H and O–H groups in total. The van der Waals surface area contributed by atoms with Gasteiger partial charge in [0.15, 0.2) is 0 Å². The number of para-hydroxylation sites is 1. The highest BCUT2D eigenvalue weighted by Gasteiger charge is 2.33. The van der Waals surface area contributed by atoms with Gasteiger partial charge in [-0.25, -0.2) is 0 Å². The summed E-state index contributed by atoms with van der Waals surface area (Å²) in [6.45, 7) is 1.35. The van der Waals surface area contributed by atoms with E-state index in [1.807, 2.05) is 16.9 Å². The van der Waals surface area contributed by atoms with Gasteiger partial charge in [0.1, 0.15) is 6.17 Å². The normalized spacial score (nSPS) is 19.2. The summed E-state index contributed by atoms with van der Waals surface area (Å²) in [6.07, 6.45) is -0.421.